The van der Waals surface area contributed by atoms with Crippen LogP contribution in [0.25, 0.3) is 6.08 Å². The SMILES string of the molecule is COc1ccc(Br)c(C(=O)/C=C/c2ccccc2)c1. The molecule has 0 aliphatic heterocycles. The summed E-state index contributed by atoms with van der Waals surface area (Å²) in [6.45, 7) is 0. The van der Waals surface area contributed by atoms with Crippen LogP contribution < -0.4 is 4.74 Å². The molecule has 0 heterocycles. The van der Waals surface area contributed by atoms with Crippen LogP contribution >= 0.6 is 15.9 Å². The number of carbonyl (C=O) groups excluding carboxylic acids is 1. The van der Waals surface area contributed by atoms with Gasteiger partial charge in [-0.05, 0) is 29.8 Å². The quantitative estimate of drug-likeness (QED) is 0.619. The van der Waals surface area contributed by atoms with Gasteiger partial charge in [-0.3, -0.25) is 4.79 Å². The summed E-state index contributed by atoms with van der Waals surface area (Å²) < 4.78 is 5.89. The van der Waals surface area contributed by atoms with Crippen LogP contribution in [0.1, 0.15) is 15.9 Å². The molecule has 0 aliphatic carbocycles. The van der Waals surface area contributed by atoms with Gasteiger partial charge in [0.25, 0.3) is 0 Å². The normalized spacial score (nSPS) is 10.6. The van der Waals surface area contributed by atoms with Crippen molar-refractivity contribution in [3.8, 4) is 5.75 Å². The van der Waals surface area contributed by atoms with Gasteiger partial charge in [0.1, 0.15) is 5.75 Å². The van der Waals surface area contributed by atoms with Gasteiger partial charge in [0.2, 0.25) is 0 Å². The zero-order valence-electron chi connectivity index (χ0n) is 10.5. The number of halogens is 1. The molecule has 2 aromatic rings. The first-order valence-corrected chi connectivity index (χ1v) is 6.61. The molecule has 0 saturated heterocycles. The molecule has 19 heavy (non-hydrogen) atoms. The molecule has 0 fully saturated rings. The van der Waals surface area contributed by atoms with E-state index in [1.54, 1.807) is 25.3 Å². The van der Waals surface area contributed by atoms with Gasteiger partial charge in [-0.15, -0.1) is 0 Å². The molecule has 0 unspecified atom stereocenters. The highest BCUT2D eigenvalue weighted by Crippen LogP contribution is 2.23. The Labute approximate surface area is 120 Å². The zero-order valence-corrected chi connectivity index (χ0v) is 12.1. The van der Waals surface area contributed by atoms with Crippen LogP contribution in [0.2, 0.25) is 0 Å². The Kier molecular flexibility index (Phi) is 4.53. The predicted octanol–water partition coefficient (Wildman–Crippen LogP) is 4.35. The van der Waals surface area contributed by atoms with Gasteiger partial charge in [0.05, 0.1) is 7.11 Å². The largest absolute Gasteiger partial charge is 0.497 e. The van der Waals surface area contributed by atoms with Crippen molar-refractivity contribution in [2.75, 3.05) is 7.11 Å². The summed E-state index contributed by atoms with van der Waals surface area (Å²) in [7, 11) is 1.58. The Morgan fingerprint density at radius 3 is 2.58 bits per heavy atom. The van der Waals surface area contributed by atoms with Gasteiger partial charge in [-0.1, -0.05) is 52.3 Å². The smallest absolute Gasteiger partial charge is 0.187 e. The highest BCUT2D eigenvalue weighted by atomic mass is 79.9. The van der Waals surface area contributed by atoms with E-state index >= 15 is 0 Å². The maximum Gasteiger partial charge on any atom is 0.187 e. The zero-order chi connectivity index (χ0) is 13.7. The van der Waals surface area contributed by atoms with Gasteiger partial charge in [0.15, 0.2) is 5.78 Å². The number of methoxy groups -OCH3 is 1. The monoisotopic (exact) mass is 316 g/mol. The fourth-order valence-corrected chi connectivity index (χ4v) is 2.09. The van der Waals surface area contributed by atoms with E-state index in [1.807, 2.05) is 42.5 Å². The third-order valence-electron chi connectivity index (χ3n) is 2.67. The molecule has 2 aromatic carbocycles. The summed E-state index contributed by atoms with van der Waals surface area (Å²) in [5.41, 5.74) is 1.58. The number of hydrogen-bond donors (Lipinski definition) is 0. The highest BCUT2D eigenvalue weighted by molar-refractivity contribution is 9.10. The minimum absolute atomic E-state index is 0.0605. The summed E-state index contributed by atoms with van der Waals surface area (Å²) in [6, 6.07) is 15.1. The minimum Gasteiger partial charge on any atom is -0.497 e. The van der Waals surface area contributed by atoms with Crippen molar-refractivity contribution in [2.24, 2.45) is 0 Å². The second-order valence-corrected chi connectivity index (χ2v) is 4.81. The summed E-state index contributed by atoms with van der Waals surface area (Å²) in [6.07, 6.45) is 3.36. The lowest BCUT2D eigenvalue weighted by Gasteiger charge is -2.04. The Balaban J connectivity index is 2.23. The van der Waals surface area contributed by atoms with Crippen molar-refractivity contribution >= 4 is 27.8 Å². The van der Waals surface area contributed by atoms with E-state index in [9.17, 15) is 4.79 Å². The average molecular weight is 317 g/mol. The molecule has 0 N–H and O–H groups in total. The summed E-state index contributed by atoms with van der Waals surface area (Å²) in [4.78, 5) is 12.1. The number of carbonyl (C=O) groups is 1. The Morgan fingerprint density at radius 1 is 1.16 bits per heavy atom. The number of allylic oxidation sites excluding steroid dienone is 1. The molecule has 0 aliphatic rings. The molecule has 0 saturated carbocycles. The molecule has 0 bridgehead atoms. The molecule has 0 atom stereocenters. The van der Waals surface area contributed by atoms with Crippen LogP contribution in [0, 0.1) is 0 Å². The van der Waals surface area contributed by atoms with E-state index in [2.05, 4.69) is 15.9 Å². The Morgan fingerprint density at radius 2 is 1.89 bits per heavy atom. The van der Waals surface area contributed by atoms with Crippen LogP contribution in [0.5, 0.6) is 5.75 Å². The van der Waals surface area contributed by atoms with Gasteiger partial charge < -0.3 is 4.74 Å². The lowest BCUT2D eigenvalue weighted by molar-refractivity contribution is 0.104. The Hall–Kier alpha value is -1.87. The van der Waals surface area contributed by atoms with Crippen molar-refractivity contribution in [1.82, 2.24) is 0 Å². The van der Waals surface area contributed by atoms with Crippen molar-refractivity contribution in [1.29, 1.82) is 0 Å². The predicted molar refractivity (Wildman–Crippen MR) is 80.5 cm³/mol. The maximum absolute atomic E-state index is 12.1. The average Bonchev–Trinajstić information content (AvgIpc) is 2.46. The van der Waals surface area contributed by atoms with E-state index in [4.69, 9.17) is 4.74 Å². The topological polar surface area (TPSA) is 26.3 Å². The van der Waals surface area contributed by atoms with E-state index < -0.39 is 0 Å². The molecular formula is C16H13BrO2. The van der Waals surface area contributed by atoms with Crippen LogP contribution in [-0.2, 0) is 0 Å². The fourth-order valence-electron chi connectivity index (χ4n) is 1.65. The fraction of sp³-hybridized carbons (Fsp3) is 0.0625. The lowest BCUT2D eigenvalue weighted by atomic mass is 10.1. The summed E-state index contributed by atoms with van der Waals surface area (Å²) >= 11 is 3.38. The second kappa shape index (κ2) is 6.34. The van der Waals surface area contributed by atoms with Gasteiger partial charge in [-0.2, -0.15) is 0 Å². The Bertz CT molecular complexity index is 603. The van der Waals surface area contributed by atoms with E-state index in [-0.39, 0.29) is 5.78 Å². The van der Waals surface area contributed by atoms with Crippen LogP contribution in [0.15, 0.2) is 59.1 Å². The summed E-state index contributed by atoms with van der Waals surface area (Å²) in [5, 5.41) is 0. The minimum atomic E-state index is -0.0605. The number of ketones is 1. The van der Waals surface area contributed by atoms with Crippen LogP contribution in [-0.4, -0.2) is 12.9 Å². The number of hydrogen-bond acceptors (Lipinski definition) is 2. The maximum atomic E-state index is 12.1. The number of ether oxygens (including phenoxy) is 1. The third-order valence-corrected chi connectivity index (χ3v) is 3.36. The first-order chi connectivity index (χ1) is 9.20. The molecular weight excluding hydrogens is 304 g/mol. The molecule has 2 rings (SSSR count). The number of benzene rings is 2. The standard InChI is InChI=1S/C16H13BrO2/c1-19-13-8-9-15(17)14(11-13)16(18)10-7-12-5-3-2-4-6-12/h2-11H,1H3/b10-7+. The number of rotatable bonds is 4. The second-order valence-electron chi connectivity index (χ2n) is 3.95. The molecule has 3 heteroatoms. The van der Waals surface area contributed by atoms with Crippen LogP contribution in [0.4, 0.5) is 0 Å². The molecule has 0 radical (unpaired) electrons. The van der Waals surface area contributed by atoms with Crippen molar-refractivity contribution in [2.45, 2.75) is 0 Å². The summed E-state index contributed by atoms with van der Waals surface area (Å²) in [5.74, 6) is 0.606. The molecule has 96 valence electrons. The van der Waals surface area contributed by atoms with Gasteiger partial charge in [-0.25, -0.2) is 0 Å². The first-order valence-electron chi connectivity index (χ1n) is 5.81. The highest BCUT2D eigenvalue weighted by Gasteiger charge is 2.08. The van der Waals surface area contributed by atoms with Crippen molar-refractivity contribution < 1.29 is 9.53 Å². The first kappa shape index (κ1) is 13.6. The van der Waals surface area contributed by atoms with E-state index in [0.29, 0.717) is 11.3 Å². The van der Waals surface area contributed by atoms with Gasteiger partial charge >= 0.3 is 0 Å². The van der Waals surface area contributed by atoms with Crippen molar-refractivity contribution in [3.05, 3.63) is 70.2 Å². The molecule has 2 nitrogen and oxygen atoms in total. The van der Waals surface area contributed by atoms with Crippen molar-refractivity contribution in [3.63, 3.8) is 0 Å². The third kappa shape index (κ3) is 3.55. The lowest BCUT2D eigenvalue weighted by Crippen LogP contribution is -1.96. The molecule has 0 aromatic heterocycles. The van der Waals surface area contributed by atoms with Crippen LogP contribution in [0.3, 0.4) is 0 Å². The molecule has 0 spiro atoms. The van der Waals surface area contributed by atoms with E-state index in [1.165, 1.54) is 0 Å². The van der Waals surface area contributed by atoms with Gasteiger partial charge in [0, 0.05) is 10.0 Å². The van der Waals surface area contributed by atoms with E-state index in [0.717, 1.165) is 10.0 Å². The molecule has 0 amide bonds.